The van der Waals surface area contributed by atoms with Crippen LogP contribution in [0.2, 0.25) is 0 Å². The molecule has 0 saturated heterocycles. The first kappa shape index (κ1) is 5.65. The van der Waals surface area contributed by atoms with Gasteiger partial charge in [0.25, 0.3) is 0 Å². The second-order valence-electron chi connectivity index (χ2n) is 1.35. The van der Waals surface area contributed by atoms with E-state index in [4.69, 9.17) is 5.73 Å². The van der Waals surface area contributed by atoms with E-state index in [0.717, 1.165) is 11.3 Å². The molecule has 0 spiro atoms. The molecule has 3 nitrogen and oxygen atoms in total. The van der Waals surface area contributed by atoms with Gasteiger partial charge in [-0.25, -0.2) is 0 Å². The van der Waals surface area contributed by atoms with E-state index < -0.39 is 0 Å². The third-order valence-electron chi connectivity index (χ3n) is 0.738. The second kappa shape index (κ2) is 2.74. The van der Waals surface area contributed by atoms with Crippen LogP contribution in [0.5, 0.6) is 0 Å². The Morgan fingerprint density at radius 1 is 1.75 bits per heavy atom. The zero-order valence-corrected chi connectivity index (χ0v) is 5.11. The maximum absolute atomic E-state index is 5.25. The number of hydrogen-bond acceptors (Lipinski definition) is 4. The molecule has 1 aromatic rings. The molecule has 0 aliphatic carbocycles. The van der Waals surface area contributed by atoms with Gasteiger partial charge in [-0.2, -0.15) is 0 Å². The first-order chi connectivity index (χ1) is 3.93. The highest BCUT2D eigenvalue weighted by Gasteiger charge is 1.91. The number of nitrogens with zero attached hydrogens (tertiary/aromatic N) is 2. The van der Waals surface area contributed by atoms with E-state index >= 15 is 0 Å². The Hall–Kier alpha value is -0.480. The molecule has 1 aromatic heterocycles. The van der Waals surface area contributed by atoms with Crippen LogP contribution in [0.3, 0.4) is 0 Å². The van der Waals surface area contributed by atoms with Crippen molar-refractivity contribution in [2.24, 2.45) is 5.73 Å². The van der Waals surface area contributed by atoms with Gasteiger partial charge < -0.3 is 5.73 Å². The number of hydrogen-bond donors (Lipinski definition) is 1. The number of rotatable bonds is 2. The topological polar surface area (TPSA) is 51.8 Å². The Balaban J connectivity index is 2.50. The molecule has 1 radical (unpaired) electrons. The highest BCUT2D eigenvalue weighted by Crippen LogP contribution is 1.99. The normalized spacial score (nSPS) is 9.62. The van der Waals surface area contributed by atoms with Crippen LogP contribution < -0.4 is 5.73 Å². The Labute approximate surface area is 51.7 Å². The summed E-state index contributed by atoms with van der Waals surface area (Å²) in [7, 11) is 0. The van der Waals surface area contributed by atoms with E-state index in [9.17, 15) is 0 Å². The second-order valence-corrected chi connectivity index (χ2v) is 2.19. The molecule has 0 fully saturated rings. The highest BCUT2D eigenvalue weighted by molar-refractivity contribution is 7.05. The van der Waals surface area contributed by atoms with Crippen LogP contribution in [-0.2, 0) is 6.42 Å². The summed E-state index contributed by atoms with van der Waals surface area (Å²) in [6.45, 7) is 0.653. The molecular weight excluding hydrogens is 122 g/mol. The smallest absolute Gasteiger partial charge is 0.130 e. The van der Waals surface area contributed by atoms with Gasteiger partial charge in [-0.05, 0) is 24.5 Å². The monoisotopic (exact) mass is 128 g/mol. The lowest BCUT2D eigenvalue weighted by molar-refractivity contribution is 0.979. The van der Waals surface area contributed by atoms with E-state index in [-0.39, 0.29) is 0 Å². The van der Waals surface area contributed by atoms with Crippen molar-refractivity contribution >= 4 is 11.5 Å². The Morgan fingerprint density at radius 2 is 2.62 bits per heavy atom. The molecule has 4 heteroatoms. The molecule has 0 amide bonds. The van der Waals surface area contributed by atoms with Gasteiger partial charge in [0.15, 0.2) is 0 Å². The summed E-state index contributed by atoms with van der Waals surface area (Å²) in [4.78, 5) is 1.03. The molecule has 0 aliphatic heterocycles. The fourth-order valence-corrected chi connectivity index (χ4v) is 0.870. The quantitative estimate of drug-likeness (QED) is 0.602. The molecular formula is C4H6N3S. The van der Waals surface area contributed by atoms with Gasteiger partial charge in [0, 0.05) is 0 Å². The van der Waals surface area contributed by atoms with Gasteiger partial charge in [-0.3, -0.25) is 0 Å². The summed E-state index contributed by atoms with van der Waals surface area (Å²) in [6, 6.07) is 0. The molecule has 2 N–H and O–H groups in total. The predicted octanol–water partition coefficient (Wildman–Crippen LogP) is -0.161. The maximum atomic E-state index is 5.25. The van der Waals surface area contributed by atoms with Gasteiger partial charge in [0.05, 0.1) is 4.88 Å². The minimum absolute atomic E-state index is 0.653. The third-order valence-corrected chi connectivity index (χ3v) is 1.42. The van der Waals surface area contributed by atoms with Crippen molar-refractivity contribution in [3.05, 3.63) is 11.1 Å². The lowest BCUT2D eigenvalue weighted by atomic mass is 10.4. The zero-order valence-electron chi connectivity index (χ0n) is 4.29. The Morgan fingerprint density at radius 3 is 3.12 bits per heavy atom. The lowest BCUT2D eigenvalue weighted by Crippen LogP contribution is -2.00. The van der Waals surface area contributed by atoms with Crippen molar-refractivity contribution in [1.82, 2.24) is 9.59 Å². The highest BCUT2D eigenvalue weighted by atomic mass is 32.1. The maximum Gasteiger partial charge on any atom is 0.130 e. The van der Waals surface area contributed by atoms with Crippen LogP contribution in [0.4, 0.5) is 0 Å². The molecule has 1 rings (SSSR count). The van der Waals surface area contributed by atoms with Crippen LogP contribution >= 0.6 is 11.5 Å². The molecule has 43 valence electrons. The SMILES string of the molecule is NCCc1[c]nns1. The van der Waals surface area contributed by atoms with Gasteiger partial charge >= 0.3 is 0 Å². The molecule has 0 saturated carbocycles. The largest absolute Gasteiger partial charge is 0.330 e. The first-order valence-electron chi connectivity index (χ1n) is 2.32. The number of nitrogens with two attached hydrogens (primary N) is 1. The average Bonchev–Trinajstić information content (AvgIpc) is 2.19. The molecule has 0 aliphatic rings. The summed E-state index contributed by atoms with van der Waals surface area (Å²) >= 11 is 1.35. The van der Waals surface area contributed by atoms with Crippen molar-refractivity contribution < 1.29 is 0 Å². The minimum atomic E-state index is 0.653. The summed E-state index contributed by atoms with van der Waals surface area (Å²) in [5.74, 6) is 0. The number of aromatic nitrogens is 2. The summed E-state index contributed by atoms with van der Waals surface area (Å²) in [5, 5.41) is 3.53. The summed E-state index contributed by atoms with van der Waals surface area (Å²) in [6.07, 6.45) is 3.56. The fraction of sp³-hybridized carbons (Fsp3) is 0.500. The van der Waals surface area contributed by atoms with E-state index in [1.807, 2.05) is 0 Å². The van der Waals surface area contributed by atoms with Gasteiger partial charge in [0.1, 0.15) is 6.20 Å². The molecule has 0 unspecified atom stereocenters. The Bertz CT molecular complexity index is 137. The van der Waals surface area contributed by atoms with Crippen LogP contribution in [0.1, 0.15) is 4.88 Å². The van der Waals surface area contributed by atoms with Gasteiger partial charge in [-0.1, -0.05) is 4.49 Å². The van der Waals surface area contributed by atoms with Crippen molar-refractivity contribution in [2.75, 3.05) is 6.54 Å². The molecule has 8 heavy (non-hydrogen) atoms. The van der Waals surface area contributed by atoms with Crippen LogP contribution in [0, 0.1) is 6.20 Å². The fourth-order valence-electron chi connectivity index (χ4n) is 0.399. The summed E-state index contributed by atoms with van der Waals surface area (Å²) in [5.41, 5.74) is 5.25. The predicted molar refractivity (Wildman–Crippen MR) is 31.5 cm³/mol. The lowest BCUT2D eigenvalue weighted by Gasteiger charge is -1.82. The Kier molecular flexibility index (Phi) is 1.93. The molecule has 0 aromatic carbocycles. The van der Waals surface area contributed by atoms with E-state index in [0.29, 0.717) is 6.54 Å². The van der Waals surface area contributed by atoms with Crippen LogP contribution in [0.25, 0.3) is 0 Å². The van der Waals surface area contributed by atoms with Crippen LogP contribution in [-0.4, -0.2) is 16.1 Å². The molecule has 1 heterocycles. The van der Waals surface area contributed by atoms with E-state index in [1.165, 1.54) is 11.5 Å². The van der Waals surface area contributed by atoms with E-state index in [1.54, 1.807) is 0 Å². The van der Waals surface area contributed by atoms with E-state index in [2.05, 4.69) is 15.8 Å². The third kappa shape index (κ3) is 1.24. The van der Waals surface area contributed by atoms with Crippen LogP contribution in [0.15, 0.2) is 0 Å². The minimum Gasteiger partial charge on any atom is -0.330 e. The van der Waals surface area contributed by atoms with Gasteiger partial charge in [0.2, 0.25) is 0 Å². The molecule has 0 bridgehead atoms. The first-order valence-corrected chi connectivity index (χ1v) is 3.10. The van der Waals surface area contributed by atoms with Crippen molar-refractivity contribution in [1.29, 1.82) is 0 Å². The average molecular weight is 128 g/mol. The van der Waals surface area contributed by atoms with Crippen molar-refractivity contribution in [3.8, 4) is 0 Å². The van der Waals surface area contributed by atoms with Crippen molar-refractivity contribution in [3.63, 3.8) is 0 Å². The summed E-state index contributed by atoms with van der Waals surface area (Å²) < 4.78 is 3.62. The molecule has 0 atom stereocenters. The standard InChI is InChI=1S/C4H6N3S/c5-2-1-4-3-6-7-8-4/h1-2,5H2. The zero-order chi connectivity index (χ0) is 5.82. The van der Waals surface area contributed by atoms with Crippen molar-refractivity contribution in [2.45, 2.75) is 6.42 Å². The van der Waals surface area contributed by atoms with Gasteiger partial charge in [-0.15, -0.1) is 5.10 Å².